The number of nitriles is 1. The average molecular weight is 344 g/mol. The quantitative estimate of drug-likeness (QED) is 0.822. The molecule has 1 radical (unpaired) electrons. The third kappa shape index (κ3) is 3.55. The van der Waals surface area contributed by atoms with Gasteiger partial charge in [-0.3, -0.25) is 0 Å². The Morgan fingerprint density at radius 1 is 1.12 bits per heavy atom. The van der Waals surface area contributed by atoms with Gasteiger partial charge in [0, 0.05) is 37.1 Å². The molecule has 1 aliphatic rings. The lowest BCUT2D eigenvalue weighted by Crippen LogP contribution is -2.52. The van der Waals surface area contributed by atoms with Crippen molar-refractivity contribution in [3.05, 3.63) is 59.7 Å². The van der Waals surface area contributed by atoms with Crippen LogP contribution in [-0.4, -0.2) is 25.7 Å². The minimum atomic E-state index is -4.53. The zero-order chi connectivity index (χ0) is 18.0. The maximum Gasteiger partial charge on any atom is 0.417 e. The zero-order valence-electron chi connectivity index (χ0n) is 13.7. The second kappa shape index (κ2) is 6.67. The third-order valence-electron chi connectivity index (χ3n) is 4.45. The molecule has 0 saturated carbocycles. The highest BCUT2D eigenvalue weighted by Gasteiger charge is 2.34. The first-order valence-electron chi connectivity index (χ1n) is 7.99. The summed E-state index contributed by atoms with van der Waals surface area (Å²) < 4.78 is 39.5. The summed E-state index contributed by atoms with van der Waals surface area (Å²) in [5.41, 5.74) is 0.366. The smallest absolute Gasteiger partial charge is 0.368 e. The highest BCUT2D eigenvalue weighted by atomic mass is 19.4. The van der Waals surface area contributed by atoms with E-state index in [1.807, 2.05) is 29.2 Å². The van der Waals surface area contributed by atoms with Crippen LogP contribution in [-0.2, 0) is 6.18 Å². The van der Waals surface area contributed by atoms with E-state index < -0.39 is 11.7 Å². The maximum absolute atomic E-state index is 13.2. The fourth-order valence-corrected chi connectivity index (χ4v) is 3.21. The summed E-state index contributed by atoms with van der Waals surface area (Å²) in [5, 5.41) is 8.91. The van der Waals surface area contributed by atoms with Crippen molar-refractivity contribution in [3.63, 3.8) is 0 Å². The molecule has 1 fully saturated rings. The second-order valence-electron chi connectivity index (χ2n) is 6.09. The molecule has 6 heteroatoms. The molecule has 2 aromatic rings. The lowest BCUT2D eigenvalue weighted by atomic mass is 10.0. The third-order valence-corrected chi connectivity index (χ3v) is 4.45. The van der Waals surface area contributed by atoms with Gasteiger partial charge in [-0.05, 0) is 43.3 Å². The van der Waals surface area contributed by atoms with Crippen molar-refractivity contribution in [1.29, 1.82) is 5.26 Å². The molecule has 0 bridgehead atoms. The van der Waals surface area contributed by atoms with Crippen LogP contribution in [0, 0.1) is 17.4 Å². The predicted octanol–water partition coefficient (Wildman–Crippen LogP) is 4.09. The zero-order valence-corrected chi connectivity index (χ0v) is 13.7. The molecule has 0 aliphatic carbocycles. The number of hydrogen-bond donors (Lipinski definition) is 0. The van der Waals surface area contributed by atoms with Crippen LogP contribution in [0.3, 0.4) is 0 Å². The van der Waals surface area contributed by atoms with Crippen LogP contribution in [0.5, 0.6) is 0 Å². The minimum absolute atomic E-state index is 0.154. The first kappa shape index (κ1) is 17.2. The lowest BCUT2D eigenvalue weighted by molar-refractivity contribution is -0.137. The molecule has 129 valence electrons. The van der Waals surface area contributed by atoms with Crippen LogP contribution in [0.4, 0.5) is 24.5 Å². The number of halogens is 3. The van der Waals surface area contributed by atoms with Gasteiger partial charge in [-0.15, -0.1) is 0 Å². The Hall–Kier alpha value is -2.68. The standard InChI is InChI=1S/C19H17F3N3/c1-14-13-24(9-10-25(14)16-5-3-2-4-6-16)17-8-7-15(12-23)18(11-17)19(20,21)22/h3-8,11,14H,9-10,13H2,1H3/t14-/m0/s1. The monoisotopic (exact) mass is 344 g/mol. The van der Waals surface area contributed by atoms with Gasteiger partial charge in [0.25, 0.3) is 0 Å². The van der Waals surface area contributed by atoms with E-state index in [2.05, 4.69) is 17.9 Å². The van der Waals surface area contributed by atoms with Crippen molar-refractivity contribution in [2.75, 3.05) is 29.4 Å². The molecular weight excluding hydrogens is 327 g/mol. The fourth-order valence-electron chi connectivity index (χ4n) is 3.21. The molecule has 0 spiro atoms. The van der Waals surface area contributed by atoms with Crippen LogP contribution in [0.25, 0.3) is 0 Å². The van der Waals surface area contributed by atoms with Gasteiger partial charge in [-0.25, -0.2) is 0 Å². The van der Waals surface area contributed by atoms with E-state index in [-0.39, 0.29) is 11.6 Å². The molecule has 3 nitrogen and oxygen atoms in total. The number of hydrogen-bond acceptors (Lipinski definition) is 3. The van der Waals surface area contributed by atoms with E-state index >= 15 is 0 Å². The summed E-state index contributed by atoms with van der Waals surface area (Å²) in [6.07, 6.45) is -4.53. The molecule has 25 heavy (non-hydrogen) atoms. The highest BCUT2D eigenvalue weighted by Crippen LogP contribution is 2.35. The highest BCUT2D eigenvalue weighted by molar-refractivity contribution is 5.57. The Balaban J connectivity index is 1.82. The van der Waals surface area contributed by atoms with Crippen molar-refractivity contribution in [2.45, 2.75) is 19.1 Å². The van der Waals surface area contributed by atoms with Crippen molar-refractivity contribution >= 4 is 11.4 Å². The molecule has 0 amide bonds. The van der Waals surface area contributed by atoms with Gasteiger partial charge in [0.15, 0.2) is 0 Å². The summed E-state index contributed by atoms with van der Waals surface area (Å²) in [6, 6.07) is 16.3. The molecule has 1 aliphatic heterocycles. The van der Waals surface area contributed by atoms with Crippen LogP contribution in [0.2, 0.25) is 0 Å². The van der Waals surface area contributed by atoms with Gasteiger partial charge >= 0.3 is 6.18 Å². The van der Waals surface area contributed by atoms with E-state index in [9.17, 15) is 13.2 Å². The Morgan fingerprint density at radius 2 is 1.84 bits per heavy atom. The number of benzene rings is 2. The summed E-state index contributed by atoms with van der Waals surface area (Å²) in [6.45, 7) is 4.00. The first-order valence-corrected chi connectivity index (χ1v) is 7.99. The van der Waals surface area contributed by atoms with Crippen LogP contribution < -0.4 is 9.80 Å². The molecule has 1 atom stereocenters. The number of alkyl halides is 3. The van der Waals surface area contributed by atoms with Gasteiger partial charge in [0.2, 0.25) is 0 Å². The number of piperazine rings is 1. The molecular formula is C19H17F3N3. The molecule has 0 unspecified atom stereocenters. The van der Waals surface area contributed by atoms with Crippen molar-refractivity contribution in [3.8, 4) is 6.07 Å². The summed E-state index contributed by atoms with van der Waals surface area (Å²) in [4.78, 5) is 4.17. The SMILES string of the molecule is C[C@H]1CN(c2ccc(C#N)c(C(F)(F)F)c2)CCN1c1cc[c]cc1. The summed E-state index contributed by atoms with van der Waals surface area (Å²) >= 11 is 0. The van der Waals surface area contributed by atoms with Crippen molar-refractivity contribution < 1.29 is 13.2 Å². The Morgan fingerprint density at radius 3 is 2.44 bits per heavy atom. The Kier molecular flexibility index (Phi) is 4.58. The Bertz CT molecular complexity index is 781. The largest absolute Gasteiger partial charge is 0.417 e. The molecule has 0 N–H and O–H groups in total. The molecule has 1 heterocycles. The summed E-state index contributed by atoms with van der Waals surface area (Å²) in [7, 11) is 0. The second-order valence-corrected chi connectivity index (χ2v) is 6.09. The normalized spacial score (nSPS) is 18.1. The van der Waals surface area contributed by atoms with Gasteiger partial charge in [-0.1, -0.05) is 12.1 Å². The van der Waals surface area contributed by atoms with E-state index in [1.165, 1.54) is 6.07 Å². The minimum Gasteiger partial charge on any atom is -0.368 e. The molecule has 1 saturated heterocycles. The van der Waals surface area contributed by atoms with Crippen molar-refractivity contribution in [1.82, 2.24) is 0 Å². The Labute approximate surface area is 144 Å². The fraction of sp³-hybridized carbons (Fsp3) is 0.316. The van der Waals surface area contributed by atoms with Gasteiger partial charge in [0.05, 0.1) is 17.2 Å². The van der Waals surface area contributed by atoms with Gasteiger partial charge in [0.1, 0.15) is 0 Å². The number of anilines is 2. The molecule has 3 rings (SSSR count). The molecule has 2 aromatic carbocycles. The van der Waals surface area contributed by atoms with E-state index in [1.54, 1.807) is 12.1 Å². The van der Waals surface area contributed by atoms with Crippen LogP contribution in [0.15, 0.2) is 42.5 Å². The van der Waals surface area contributed by atoms with E-state index in [0.717, 1.165) is 11.8 Å². The number of rotatable bonds is 2. The maximum atomic E-state index is 13.2. The van der Waals surface area contributed by atoms with E-state index in [0.29, 0.717) is 25.3 Å². The average Bonchev–Trinajstić information content (AvgIpc) is 2.61. The first-order chi connectivity index (χ1) is 11.9. The topological polar surface area (TPSA) is 30.3 Å². The van der Waals surface area contributed by atoms with Crippen LogP contribution >= 0.6 is 0 Å². The predicted molar refractivity (Wildman–Crippen MR) is 90.5 cm³/mol. The van der Waals surface area contributed by atoms with Gasteiger partial charge in [-0.2, -0.15) is 18.4 Å². The number of nitrogens with zero attached hydrogens (tertiary/aromatic N) is 3. The van der Waals surface area contributed by atoms with Crippen LogP contribution in [0.1, 0.15) is 18.1 Å². The summed E-state index contributed by atoms with van der Waals surface area (Å²) in [5.74, 6) is 0. The molecule has 0 aromatic heterocycles. The van der Waals surface area contributed by atoms with Gasteiger partial charge < -0.3 is 9.80 Å². The van der Waals surface area contributed by atoms with E-state index in [4.69, 9.17) is 5.26 Å². The lowest BCUT2D eigenvalue weighted by Gasteiger charge is -2.42. The van der Waals surface area contributed by atoms with Crippen molar-refractivity contribution in [2.24, 2.45) is 0 Å².